The summed E-state index contributed by atoms with van der Waals surface area (Å²) in [6.45, 7) is 7.15. The maximum atomic E-state index is 5.76. The largest absolute Gasteiger partial charge is 0.496 e. The van der Waals surface area contributed by atoms with E-state index in [-0.39, 0.29) is 0 Å². The van der Waals surface area contributed by atoms with Crippen LogP contribution < -0.4 is 10.5 Å². The van der Waals surface area contributed by atoms with Crippen LogP contribution in [0.15, 0.2) is 12.1 Å². The van der Waals surface area contributed by atoms with E-state index in [1.54, 1.807) is 7.11 Å². The van der Waals surface area contributed by atoms with Crippen molar-refractivity contribution in [3.63, 3.8) is 0 Å². The molecule has 1 aromatic rings. The molecule has 0 aliphatic carbocycles. The second-order valence-corrected chi connectivity index (χ2v) is 4.49. The molecule has 2 N–H and O–H groups in total. The Morgan fingerprint density at radius 1 is 1.31 bits per heavy atom. The van der Waals surface area contributed by atoms with Crippen molar-refractivity contribution < 1.29 is 4.74 Å². The van der Waals surface area contributed by atoms with Crippen molar-refractivity contribution in [1.29, 1.82) is 0 Å². The van der Waals surface area contributed by atoms with Crippen LogP contribution >= 0.6 is 0 Å². The van der Waals surface area contributed by atoms with Crippen molar-refractivity contribution in [2.75, 3.05) is 13.7 Å². The zero-order valence-corrected chi connectivity index (χ0v) is 10.8. The normalized spacial score (nSPS) is 12.6. The van der Waals surface area contributed by atoms with E-state index in [1.165, 1.54) is 16.7 Å². The van der Waals surface area contributed by atoms with Gasteiger partial charge in [0.05, 0.1) is 7.11 Å². The number of ether oxygens (including phenoxy) is 1. The lowest BCUT2D eigenvalue weighted by atomic mass is 9.94. The van der Waals surface area contributed by atoms with Crippen molar-refractivity contribution in [3.8, 4) is 5.75 Å². The molecule has 2 heteroatoms. The second-order valence-electron chi connectivity index (χ2n) is 4.49. The highest BCUT2D eigenvalue weighted by Gasteiger charge is 2.12. The van der Waals surface area contributed by atoms with E-state index < -0.39 is 0 Å². The van der Waals surface area contributed by atoms with Gasteiger partial charge in [-0.1, -0.05) is 31.0 Å². The summed E-state index contributed by atoms with van der Waals surface area (Å²) in [5.41, 5.74) is 9.55. The van der Waals surface area contributed by atoms with Crippen LogP contribution in [0.4, 0.5) is 0 Å². The highest BCUT2D eigenvalue weighted by Crippen LogP contribution is 2.27. The van der Waals surface area contributed by atoms with Crippen molar-refractivity contribution in [1.82, 2.24) is 0 Å². The number of rotatable bonds is 5. The first-order valence-corrected chi connectivity index (χ1v) is 5.96. The fraction of sp³-hybridized carbons (Fsp3) is 0.571. The molecule has 0 heterocycles. The van der Waals surface area contributed by atoms with Crippen LogP contribution in [-0.2, 0) is 6.42 Å². The van der Waals surface area contributed by atoms with Crippen LogP contribution in [0.5, 0.6) is 5.75 Å². The SMILES string of the molecule is CCC(CN)Cc1cc(C)cc(C)c1OC. The molecule has 1 rings (SSSR count). The summed E-state index contributed by atoms with van der Waals surface area (Å²) in [7, 11) is 1.74. The summed E-state index contributed by atoms with van der Waals surface area (Å²) in [5.74, 6) is 1.58. The molecule has 0 aromatic heterocycles. The molecule has 0 amide bonds. The zero-order valence-electron chi connectivity index (χ0n) is 10.8. The third-order valence-electron chi connectivity index (χ3n) is 3.12. The lowest BCUT2D eigenvalue weighted by Crippen LogP contribution is -2.16. The molecule has 0 saturated carbocycles. The van der Waals surface area contributed by atoms with E-state index in [9.17, 15) is 0 Å². The van der Waals surface area contributed by atoms with E-state index in [0.717, 1.165) is 25.1 Å². The highest BCUT2D eigenvalue weighted by atomic mass is 16.5. The first kappa shape index (κ1) is 13.0. The molecule has 0 aliphatic rings. The van der Waals surface area contributed by atoms with Crippen LogP contribution in [0.1, 0.15) is 30.0 Å². The molecule has 1 aromatic carbocycles. The second kappa shape index (κ2) is 5.90. The van der Waals surface area contributed by atoms with Gasteiger partial charge in [-0.25, -0.2) is 0 Å². The molecule has 1 atom stereocenters. The average molecular weight is 221 g/mol. The molecule has 1 unspecified atom stereocenters. The minimum Gasteiger partial charge on any atom is -0.496 e. The third-order valence-corrected chi connectivity index (χ3v) is 3.12. The number of nitrogens with two attached hydrogens (primary N) is 1. The number of hydrogen-bond acceptors (Lipinski definition) is 2. The van der Waals surface area contributed by atoms with Gasteiger partial charge in [-0.15, -0.1) is 0 Å². The van der Waals surface area contributed by atoms with E-state index in [2.05, 4.69) is 32.9 Å². The number of benzene rings is 1. The van der Waals surface area contributed by atoms with Crippen molar-refractivity contribution in [2.24, 2.45) is 11.7 Å². The Morgan fingerprint density at radius 2 is 2.00 bits per heavy atom. The monoisotopic (exact) mass is 221 g/mol. The molecule has 0 spiro atoms. The van der Waals surface area contributed by atoms with E-state index in [4.69, 9.17) is 10.5 Å². The Hall–Kier alpha value is -1.02. The van der Waals surface area contributed by atoms with Gasteiger partial charge in [0.1, 0.15) is 5.75 Å². The molecule has 16 heavy (non-hydrogen) atoms. The first-order chi connectivity index (χ1) is 7.62. The van der Waals surface area contributed by atoms with Gasteiger partial charge in [0.15, 0.2) is 0 Å². The Kier molecular flexibility index (Phi) is 4.81. The molecule has 0 fully saturated rings. The molecule has 0 aliphatic heterocycles. The van der Waals surface area contributed by atoms with Crippen LogP contribution in [0.25, 0.3) is 0 Å². The predicted octanol–water partition coefficient (Wildman–Crippen LogP) is 2.84. The maximum absolute atomic E-state index is 5.76. The summed E-state index contributed by atoms with van der Waals surface area (Å²) in [5, 5.41) is 0. The summed E-state index contributed by atoms with van der Waals surface area (Å²) in [4.78, 5) is 0. The topological polar surface area (TPSA) is 35.2 Å². The number of methoxy groups -OCH3 is 1. The summed E-state index contributed by atoms with van der Waals surface area (Å²) in [6, 6.07) is 4.37. The van der Waals surface area contributed by atoms with Gasteiger partial charge >= 0.3 is 0 Å². The lowest BCUT2D eigenvalue weighted by molar-refractivity contribution is 0.400. The Labute approximate surface area is 98.8 Å². The van der Waals surface area contributed by atoms with Gasteiger partial charge in [0, 0.05) is 0 Å². The Balaban J connectivity index is 3.01. The fourth-order valence-electron chi connectivity index (χ4n) is 2.19. The van der Waals surface area contributed by atoms with Crippen LogP contribution in [0.2, 0.25) is 0 Å². The molecular weight excluding hydrogens is 198 g/mol. The molecule has 90 valence electrons. The van der Waals surface area contributed by atoms with Crippen molar-refractivity contribution >= 4 is 0 Å². The smallest absolute Gasteiger partial charge is 0.124 e. The lowest BCUT2D eigenvalue weighted by Gasteiger charge is -2.17. The minimum atomic E-state index is 0.551. The fourth-order valence-corrected chi connectivity index (χ4v) is 2.19. The maximum Gasteiger partial charge on any atom is 0.124 e. The standard InChI is InChI=1S/C14H23NO/c1-5-12(9-15)8-13-7-10(2)6-11(3)14(13)16-4/h6-7,12H,5,8-9,15H2,1-4H3. The van der Waals surface area contributed by atoms with E-state index in [0.29, 0.717) is 5.92 Å². The molecule has 2 nitrogen and oxygen atoms in total. The van der Waals surface area contributed by atoms with Crippen LogP contribution in [0, 0.1) is 19.8 Å². The minimum absolute atomic E-state index is 0.551. The van der Waals surface area contributed by atoms with Gasteiger partial charge < -0.3 is 10.5 Å². The van der Waals surface area contributed by atoms with E-state index >= 15 is 0 Å². The third kappa shape index (κ3) is 2.99. The highest BCUT2D eigenvalue weighted by molar-refractivity contribution is 5.44. The Morgan fingerprint density at radius 3 is 2.50 bits per heavy atom. The summed E-state index contributed by atoms with van der Waals surface area (Å²) >= 11 is 0. The number of aryl methyl sites for hydroxylation is 2. The summed E-state index contributed by atoms with van der Waals surface area (Å²) in [6.07, 6.45) is 2.13. The van der Waals surface area contributed by atoms with Crippen LogP contribution in [-0.4, -0.2) is 13.7 Å². The van der Waals surface area contributed by atoms with Crippen molar-refractivity contribution in [2.45, 2.75) is 33.6 Å². The predicted molar refractivity (Wildman–Crippen MR) is 69.0 cm³/mol. The first-order valence-electron chi connectivity index (χ1n) is 5.96. The van der Waals surface area contributed by atoms with Gasteiger partial charge in [-0.2, -0.15) is 0 Å². The average Bonchev–Trinajstić information content (AvgIpc) is 2.25. The quantitative estimate of drug-likeness (QED) is 0.829. The molecular formula is C14H23NO. The van der Waals surface area contributed by atoms with Gasteiger partial charge in [-0.05, 0) is 43.9 Å². The van der Waals surface area contributed by atoms with Gasteiger partial charge in [0.25, 0.3) is 0 Å². The summed E-state index contributed by atoms with van der Waals surface area (Å²) < 4.78 is 5.48. The molecule has 0 radical (unpaired) electrons. The molecule has 0 bridgehead atoms. The van der Waals surface area contributed by atoms with Crippen LogP contribution in [0.3, 0.4) is 0 Å². The molecule has 0 saturated heterocycles. The van der Waals surface area contributed by atoms with Crippen molar-refractivity contribution in [3.05, 3.63) is 28.8 Å². The van der Waals surface area contributed by atoms with Gasteiger partial charge in [0.2, 0.25) is 0 Å². The number of hydrogen-bond donors (Lipinski definition) is 1. The van der Waals surface area contributed by atoms with Gasteiger partial charge in [-0.3, -0.25) is 0 Å². The Bertz CT molecular complexity index is 343. The zero-order chi connectivity index (χ0) is 12.1. The van der Waals surface area contributed by atoms with E-state index in [1.807, 2.05) is 0 Å².